The highest BCUT2D eigenvalue weighted by molar-refractivity contribution is 8.01. The fraction of sp³-hybridized carbons (Fsp3) is 0.348. The first kappa shape index (κ1) is 20.5. The van der Waals surface area contributed by atoms with E-state index < -0.39 is 24.0 Å². The van der Waals surface area contributed by atoms with Crippen LogP contribution in [0.1, 0.15) is 41.4 Å². The predicted molar refractivity (Wildman–Crippen MR) is 112 cm³/mol. The second kappa shape index (κ2) is 7.78. The molecule has 1 amide bonds. The first-order chi connectivity index (χ1) is 14.3. The number of nitriles is 1. The van der Waals surface area contributed by atoms with Crippen molar-refractivity contribution in [3.05, 3.63) is 71.3 Å². The number of nitrogens with zero attached hydrogens (tertiary/aromatic N) is 2. The molecule has 2 fully saturated rings. The van der Waals surface area contributed by atoms with Gasteiger partial charge in [-0.3, -0.25) is 4.79 Å². The summed E-state index contributed by atoms with van der Waals surface area (Å²) in [6, 6.07) is 17.6. The Bertz CT molecular complexity index is 1000. The molecule has 0 aromatic heterocycles. The molecule has 4 atom stereocenters. The van der Waals surface area contributed by atoms with Crippen LogP contribution in [0.2, 0.25) is 0 Å². The van der Waals surface area contributed by atoms with Gasteiger partial charge in [0.1, 0.15) is 12.6 Å². The molecule has 154 valence electrons. The van der Waals surface area contributed by atoms with E-state index in [4.69, 9.17) is 4.74 Å². The molecule has 4 rings (SSSR count). The Hall–Kier alpha value is -2.82. The lowest BCUT2D eigenvalue weighted by Gasteiger charge is -2.45. The molecule has 2 aromatic rings. The van der Waals surface area contributed by atoms with Crippen LogP contribution in [0.3, 0.4) is 0 Å². The van der Waals surface area contributed by atoms with Crippen LogP contribution < -0.4 is 0 Å². The van der Waals surface area contributed by atoms with Crippen molar-refractivity contribution >= 4 is 23.6 Å². The topological polar surface area (TPSA) is 90.6 Å². The van der Waals surface area contributed by atoms with Crippen LogP contribution in [0.25, 0.3) is 0 Å². The van der Waals surface area contributed by atoms with Gasteiger partial charge in [0.15, 0.2) is 0 Å². The number of β-lactam (4-membered cyclic amide) rings is 1. The first-order valence-corrected chi connectivity index (χ1v) is 10.6. The van der Waals surface area contributed by atoms with Crippen molar-refractivity contribution in [2.24, 2.45) is 5.92 Å². The number of carbonyl (C=O) groups excluding carboxylic acids is 2. The molecule has 2 aromatic carbocycles. The van der Waals surface area contributed by atoms with Crippen molar-refractivity contribution in [3.63, 3.8) is 0 Å². The van der Waals surface area contributed by atoms with Crippen molar-refractivity contribution in [2.75, 3.05) is 0 Å². The zero-order valence-corrected chi connectivity index (χ0v) is 17.5. The number of rotatable bonds is 5. The molecular formula is C23H22N2O4S. The van der Waals surface area contributed by atoms with Gasteiger partial charge in [-0.25, -0.2) is 4.79 Å². The molecule has 0 bridgehead atoms. The van der Waals surface area contributed by atoms with E-state index in [1.165, 1.54) is 0 Å². The SMILES string of the molecule is CC1(C)S[C@@H]2C(C(O)c3ccc(C(=O)OCc4ccccc4)cc3)C(=O)N2[C@H]1C#N. The van der Waals surface area contributed by atoms with Crippen molar-refractivity contribution in [3.8, 4) is 6.07 Å². The Balaban J connectivity index is 1.41. The minimum atomic E-state index is -0.992. The highest BCUT2D eigenvalue weighted by atomic mass is 32.2. The fourth-order valence-electron chi connectivity index (χ4n) is 3.96. The van der Waals surface area contributed by atoms with Gasteiger partial charge in [-0.2, -0.15) is 5.26 Å². The number of amides is 1. The second-order valence-electron chi connectivity index (χ2n) is 8.04. The summed E-state index contributed by atoms with van der Waals surface area (Å²) in [5.41, 5.74) is 1.84. The summed E-state index contributed by atoms with van der Waals surface area (Å²) < 4.78 is 4.94. The van der Waals surface area contributed by atoms with Crippen molar-refractivity contribution in [2.45, 2.75) is 42.7 Å². The molecule has 0 radical (unpaired) electrons. The summed E-state index contributed by atoms with van der Waals surface area (Å²) in [5.74, 6) is -1.25. The maximum absolute atomic E-state index is 12.6. The summed E-state index contributed by atoms with van der Waals surface area (Å²) >= 11 is 1.55. The van der Waals surface area contributed by atoms with Gasteiger partial charge in [-0.05, 0) is 37.1 Å². The minimum absolute atomic E-state index is 0.186. The van der Waals surface area contributed by atoms with Crippen molar-refractivity contribution in [1.29, 1.82) is 5.26 Å². The van der Waals surface area contributed by atoms with Crippen LogP contribution in [0.5, 0.6) is 0 Å². The highest BCUT2D eigenvalue weighted by Crippen LogP contribution is 2.55. The van der Waals surface area contributed by atoms with E-state index in [9.17, 15) is 20.0 Å². The molecule has 0 spiro atoms. The number of thioether (sulfide) groups is 1. The Morgan fingerprint density at radius 3 is 2.53 bits per heavy atom. The molecule has 2 saturated heterocycles. The fourth-order valence-corrected chi connectivity index (χ4v) is 5.63. The first-order valence-electron chi connectivity index (χ1n) is 9.72. The molecule has 7 heteroatoms. The standard InChI is InChI=1S/C23H22N2O4S/c1-23(2)17(12-24)25-20(27)18(21(25)30-23)19(26)15-8-10-16(11-9-15)22(28)29-13-14-6-4-3-5-7-14/h3-11,17-19,21,26H,13H2,1-2H3/t17-,18?,19?,21+/m0/s1. The summed E-state index contributed by atoms with van der Waals surface area (Å²) in [5, 5.41) is 20.0. The van der Waals surface area contributed by atoms with Gasteiger partial charge < -0.3 is 14.7 Å². The molecule has 0 aliphatic carbocycles. The van der Waals surface area contributed by atoms with Crippen LogP contribution in [0.15, 0.2) is 54.6 Å². The smallest absolute Gasteiger partial charge is 0.338 e. The molecule has 2 heterocycles. The summed E-state index contributed by atoms with van der Waals surface area (Å²) in [6.07, 6.45) is -0.992. The quantitative estimate of drug-likeness (QED) is 0.587. The van der Waals surface area contributed by atoms with Crippen molar-refractivity contribution < 1.29 is 19.4 Å². The average Bonchev–Trinajstić information content (AvgIpc) is 2.99. The lowest BCUT2D eigenvalue weighted by atomic mass is 9.85. The zero-order chi connectivity index (χ0) is 21.5. The van der Waals surface area contributed by atoms with E-state index >= 15 is 0 Å². The molecular weight excluding hydrogens is 400 g/mol. The van der Waals surface area contributed by atoms with Gasteiger partial charge in [-0.15, -0.1) is 11.8 Å². The molecule has 2 unspecified atom stereocenters. The van der Waals surface area contributed by atoms with Gasteiger partial charge >= 0.3 is 5.97 Å². The van der Waals surface area contributed by atoms with E-state index in [0.717, 1.165) is 5.56 Å². The molecule has 1 N–H and O–H groups in total. The third-order valence-corrected chi connectivity index (χ3v) is 7.24. The van der Waals surface area contributed by atoms with Crippen molar-refractivity contribution in [1.82, 2.24) is 4.90 Å². The van der Waals surface area contributed by atoms with Crippen LogP contribution in [-0.2, 0) is 16.1 Å². The number of benzene rings is 2. The zero-order valence-electron chi connectivity index (χ0n) is 16.7. The van der Waals surface area contributed by atoms with Crippen LogP contribution in [-0.4, -0.2) is 38.0 Å². The lowest BCUT2D eigenvalue weighted by Crippen LogP contribution is -2.61. The number of fused-ring (bicyclic) bond motifs is 1. The van der Waals surface area contributed by atoms with E-state index in [1.807, 2.05) is 44.2 Å². The predicted octanol–water partition coefficient (Wildman–Crippen LogP) is 3.28. The number of aliphatic hydroxyl groups excluding tert-OH is 1. The van der Waals surface area contributed by atoms with E-state index in [-0.39, 0.29) is 22.6 Å². The normalized spacial score (nSPS) is 25.1. The minimum Gasteiger partial charge on any atom is -0.457 e. The number of carbonyl (C=O) groups is 2. The number of esters is 1. The Morgan fingerprint density at radius 2 is 1.90 bits per heavy atom. The third-order valence-electron chi connectivity index (χ3n) is 5.65. The van der Waals surface area contributed by atoms with Gasteiger partial charge in [0, 0.05) is 4.75 Å². The molecule has 6 nitrogen and oxygen atoms in total. The Labute approximate surface area is 179 Å². The number of hydrogen-bond donors (Lipinski definition) is 1. The van der Waals surface area contributed by atoms with Crippen LogP contribution in [0.4, 0.5) is 0 Å². The number of ether oxygens (including phenoxy) is 1. The Morgan fingerprint density at radius 1 is 1.23 bits per heavy atom. The second-order valence-corrected chi connectivity index (χ2v) is 9.81. The largest absolute Gasteiger partial charge is 0.457 e. The van der Waals surface area contributed by atoms with Gasteiger partial charge in [0.2, 0.25) is 5.91 Å². The highest BCUT2D eigenvalue weighted by Gasteiger charge is 2.63. The maximum Gasteiger partial charge on any atom is 0.338 e. The Kier molecular flexibility index (Phi) is 5.31. The average molecular weight is 423 g/mol. The molecule has 2 aliphatic rings. The number of aliphatic hydroxyl groups is 1. The molecule has 2 aliphatic heterocycles. The monoisotopic (exact) mass is 422 g/mol. The third kappa shape index (κ3) is 3.47. The van der Waals surface area contributed by atoms with E-state index in [2.05, 4.69) is 6.07 Å². The van der Waals surface area contributed by atoms with E-state index in [0.29, 0.717) is 11.1 Å². The van der Waals surface area contributed by atoms with Gasteiger partial charge in [0.05, 0.1) is 29.0 Å². The summed E-state index contributed by atoms with van der Waals surface area (Å²) in [6.45, 7) is 4.07. The van der Waals surface area contributed by atoms with Crippen LogP contribution in [0, 0.1) is 17.2 Å². The number of hydrogen-bond acceptors (Lipinski definition) is 6. The van der Waals surface area contributed by atoms with Gasteiger partial charge in [-0.1, -0.05) is 42.5 Å². The summed E-state index contributed by atoms with van der Waals surface area (Å²) in [7, 11) is 0. The van der Waals surface area contributed by atoms with Gasteiger partial charge in [0.25, 0.3) is 0 Å². The van der Waals surface area contributed by atoms with E-state index in [1.54, 1.807) is 40.9 Å². The van der Waals surface area contributed by atoms with Crippen LogP contribution >= 0.6 is 11.8 Å². The molecule has 0 saturated carbocycles. The molecule has 30 heavy (non-hydrogen) atoms. The lowest BCUT2D eigenvalue weighted by molar-refractivity contribution is -0.159. The summed E-state index contributed by atoms with van der Waals surface area (Å²) in [4.78, 5) is 26.5. The maximum atomic E-state index is 12.6.